The van der Waals surface area contributed by atoms with Crippen molar-refractivity contribution in [2.45, 2.75) is 52.6 Å². The first-order valence-electron chi connectivity index (χ1n) is 4.84. The summed E-state index contributed by atoms with van der Waals surface area (Å²) in [6.45, 7) is 11.3. The van der Waals surface area contributed by atoms with Gasteiger partial charge in [0.2, 0.25) is 0 Å². The van der Waals surface area contributed by atoms with Crippen LogP contribution in [0.15, 0.2) is 0 Å². The van der Waals surface area contributed by atoms with Gasteiger partial charge < -0.3 is 0 Å². The lowest BCUT2D eigenvalue weighted by molar-refractivity contribution is 0.188. The summed E-state index contributed by atoms with van der Waals surface area (Å²) >= 11 is 0. The van der Waals surface area contributed by atoms with E-state index in [-0.39, 0.29) is 16.0 Å². The number of rotatable bonds is 0. The van der Waals surface area contributed by atoms with E-state index >= 15 is 0 Å². The van der Waals surface area contributed by atoms with Crippen LogP contribution in [-0.4, -0.2) is 15.1 Å². The third-order valence-electron chi connectivity index (χ3n) is 3.60. The fourth-order valence-corrected chi connectivity index (χ4v) is 2.47. The molecule has 3 radical (unpaired) electrons. The van der Waals surface area contributed by atoms with Crippen molar-refractivity contribution >= 4 is 15.1 Å². The van der Waals surface area contributed by atoms with Crippen LogP contribution in [0.4, 0.5) is 0 Å². The van der Waals surface area contributed by atoms with Gasteiger partial charge in [0, 0.05) is 0 Å². The zero-order valence-corrected chi connectivity index (χ0v) is 9.07. The lowest BCUT2D eigenvalue weighted by Crippen LogP contribution is -2.41. The smallest absolute Gasteiger partial charge is 0.0815 e. The Morgan fingerprint density at radius 3 is 1.92 bits per heavy atom. The van der Waals surface area contributed by atoms with Gasteiger partial charge in [-0.1, -0.05) is 52.6 Å². The molecule has 0 spiro atoms. The van der Waals surface area contributed by atoms with Crippen molar-refractivity contribution in [2.75, 3.05) is 0 Å². The molecule has 1 aliphatic rings. The molecule has 1 aliphatic heterocycles. The van der Waals surface area contributed by atoms with Crippen molar-refractivity contribution in [1.82, 2.24) is 0 Å². The van der Waals surface area contributed by atoms with E-state index < -0.39 is 0 Å². The first kappa shape index (κ1) is 10.2. The standard InChI is InChI=1S/C10H19B2/c1-8(2,3)10(11)9(4,5)6-7-12-10/h6-7H2,1-5H3. The van der Waals surface area contributed by atoms with Gasteiger partial charge in [-0.3, -0.25) is 0 Å². The second-order valence-corrected chi connectivity index (χ2v) is 5.75. The fourth-order valence-electron chi connectivity index (χ4n) is 2.47. The van der Waals surface area contributed by atoms with Crippen LogP contribution in [0.5, 0.6) is 0 Å². The Labute approximate surface area is 79.2 Å². The highest BCUT2D eigenvalue weighted by atomic mass is 14.5. The minimum Gasteiger partial charge on any atom is -0.0815 e. The quantitative estimate of drug-likeness (QED) is 0.479. The molecule has 1 saturated heterocycles. The number of hydrogen-bond donors (Lipinski definition) is 0. The van der Waals surface area contributed by atoms with E-state index in [0.29, 0.717) is 0 Å². The number of hydrogen-bond acceptors (Lipinski definition) is 0. The van der Waals surface area contributed by atoms with Gasteiger partial charge in [-0.2, -0.15) is 0 Å². The summed E-state index contributed by atoms with van der Waals surface area (Å²) in [5, 5.41) is -0.0972. The van der Waals surface area contributed by atoms with Crippen LogP contribution in [0, 0.1) is 10.8 Å². The maximum Gasteiger partial charge on any atom is 0.108 e. The molecule has 0 amide bonds. The highest BCUT2D eigenvalue weighted by Crippen LogP contribution is 2.61. The Morgan fingerprint density at radius 1 is 1.25 bits per heavy atom. The van der Waals surface area contributed by atoms with Gasteiger partial charge in [-0.15, -0.1) is 0 Å². The molecule has 0 nitrogen and oxygen atoms in total. The zero-order chi connectivity index (χ0) is 9.62. The van der Waals surface area contributed by atoms with Gasteiger partial charge >= 0.3 is 0 Å². The summed E-state index contributed by atoms with van der Waals surface area (Å²) in [6.07, 6.45) is 2.39. The van der Waals surface area contributed by atoms with Crippen molar-refractivity contribution in [3.05, 3.63) is 0 Å². The predicted molar refractivity (Wildman–Crippen MR) is 56.9 cm³/mol. The minimum atomic E-state index is -0.0972. The van der Waals surface area contributed by atoms with E-state index in [0.717, 1.165) is 0 Å². The molecule has 0 aliphatic carbocycles. The van der Waals surface area contributed by atoms with Gasteiger partial charge in [0.25, 0.3) is 0 Å². The largest absolute Gasteiger partial charge is 0.108 e. The molecule has 1 atom stereocenters. The van der Waals surface area contributed by atoms with Crippen molar-refractivity contribution in [3.8, 4) is 0 Å². The molecule has 0 aromatic heterocycles. The molecule has 0 saturated carbocycles. The lowest BCUT2D eigenvalue weighted by atomic mass is 9.31. The highest BCUT2D eigenvalue weighted by molar-refractivity contribution is 6.55. The van der Waals surface area contributed by atoms with Crippen molar-refractivity contribution < 1.29 is 0 Å². The van der Waals surface area contributed by atoms with Gasteiger partial charge in [0.05, 0.1) is 7.85 Å². The highest BCUT2D eigenvalue weighted by Gasteiger charge is 2.51. The van der Waals surface area contributed by atoms with Gasteiger partial charge in [0.15, 0.2) is 0 Å². The molecule has 1 rings (SSSR count). The molecule has 12 heavy (non-hydrogen) atoms. The summed E-state index contributed by atoms with van der Waals surface area (Å²) in [6, 6.07) is 0. The maximum absolute atomic E-state index is 6.46. The molecule has 65 valence electrons. The second kappa shape index (κ2) is 2.56. The van der Waals surface area contributed by atoms with Gasteiger partial charge in [-0.25, -0.2) is 0 Å². The van der Waals surface area contributed by atoms with Gasteiger partial charge in [-0.05, 0) is 10.8 Å². The Kier molecular flexibility index (Phi) is 2.18. The predicted octanol–water partition coefficient (Wildman–Crippen LogP) is 2.87. The molecule has 1 unspecified atom stereocenters. The maximum atomic E-state index is 6.46. The van der Waals surface area contributed by atoms with E-state index in [1.54, 1.807) is 0 Å². The molecular weight excluding hydrogens is 142 g/mol. The first-order valence-corrected chi connectivity index (χ1v) is 4.84. The molecule has 0 aromatic carbocycles. The summed E-state index contributed by atoms with van der Waals surface area (Å²) in [4.78, 5) is 0. The molecule has 1 fully saturated rings. The third-order valence-corrected chi connectivity index (χ3v) is 3.60. The van der Waals surface area contributed by atoms with Gasteiger partial charge in [0.1, 0.15) is 7.28 Å². The topological polar surface area (TPSA) is 0 Å². The van der Waals surface area contributed by atoms with Crippen LogP contribution in [0.2, 0.25) is 11.5 Å². The Balaban J connectivity index is 2.98. The summed E-state index contributed by atoms with van der Waals surface area (Å²) in [5.74, 6) is 0. The Bertz CT molecular complexity index is 179. The van der Waals surface area contributed by atoms with Crippen LogP contribution in [0.3, 0.4) is 0 Å². The molecule has 0 aromatic rings. The van der Waals surface area contributed by atoms with Crippen molar-refractivity contribution in [2.24, 2.45) is 10.8 Å². The fraction of sp³-hybridized carbons (Fsp3) is 1.00. The first-order chi connectivity index (χ1) is 5.21. The van der Waals surface area contributed by atoms with Crippen molar-refractivity contribution in [3.63, 3.8) is 0 Å². The molecular formula is C10H19B2. The summed E-state index contributed by atoms with van der Waals surface area (Å²) in [5.41, 5.74) is 0.429. The second-order valence-electron chi connectivity index (χ2n) is 5.75. The van der Waals surface area contributed by atoms with Crippen molar-refractivity contribution in [1.29, 1.82) is 0 Å². The molecule has 2 heteroatoms. The van der Waals surface area contributed by atoms with Crippen LogP contribution in [-0.2, 0) is 0 Å². The van der Waals surface area contributed by atoms with E-state index in [4.69, 9.17) is 7.85 Å². The summed E-state index contributed by atoms with van der Waals surface area (Å²) < 4.78 is 0. The third kappa shape index (κ3) is 1.24. The molecule has 1 heterocycles. The van der Waals surface area contributed by atoms with E-state index in [9.17, 15) is 0 Å². The monoisotopic (exact) mass is 161 g/mol. The Morgan fingerprint density at radius 2 is 1.75 bits per heavy atom. The Hall–Kier alpha value is 0.130. The SMILES string of the molecule is [B]C1(C(C)(C)C)[B]CCC1(C)C. The molecule has 0 N–H and O–H groups in total. The summed E-state index contributed by atoms with van der Waals surface area (Å²) in [7, 11) is 8.77. The van der Waals surface area contributed by atoms with Crippen LogP contribution in [0.1, 0.15) is 41.0 Å². The van der Waals surface area contributed by atoms with Crippen LogP contribution in [0.25, 0.3) is 0 Å². The lowest BCUT2D eigenvalue weighted by Gasteiger charge is -2.50. The van der Waals surface area contributed by atoms with E-state index in [1.807, 2.05) is 0 Å². The van der Waals surface area contributed by atoms with Crippen LogP contribution >= 0.6 is 0 Å². The normalized spacial score (nSPS) is 34.8. The molecule has 0 bridgehead atoms. The van der Waals surface area contributed by atoms with E-state index in [1.165, 1.54) is 12.7 Å². The van der Waals surface area contributed by atoms with Crippen LogP contribution < -0.4 is 0 Å². The zero-order valence-electron chi connectivity index (χ0n) is 9.07. The van der Waals surface area contributed by atoms with E-state index in [2.05, 4.69) is 41.9 Å². The average molecular weight is 161 g/mol. The minimum absolute atomic E-state index is 0.0972. The average Bonchev–Trinajstić information content (AvgIpc) is 2.07.